The zero-order chi connectivity index (χ0) is 14.5. The summed E-state index contributed by atoms with van der Waals surface area (Å²) >= 11 is 0. The Morgan fingerprint density at radius 1 is 1.05 bits per heavy atom. The van der Waals surface area contributed by atoms with Gasteiger partial charge in [0.15, 0.2) is 5.69 Å². The van der Waals surface area contributed by atoms with Crippen molar-refractivity contribution in [3.05, 3.63) is 30.2 Å². The molecule has 0 N–H and O–H groups in total. The van der Waals surface area contributed by atoms with Crippen molar-refractivity contribution in [1.29, 1.82) is 0 Å². The molecule has 8 heteroatoms. The van der Waals surface area contributed by atoms with E-state index in [9.17, 15) is 13.2 Å². The smallest absolute Gasteiger partial charge is 0.267 e. The molecular weight excluding hydrogens is 271 g/mol. The van der Waals surface area contributed by atoms with Crippen LogP contribution in [-0.4, -0.2) is 24.5 Å². The highest BCUT2D eigenvalue weighted by Crippen LogP contribution is 2.31. The Hall–Kier alpha value is -2.38. The number of aromatic nitrogens is 5. The van der Waals surface area contributed by atoms with Crippen LogP contribution >= 0.6 is 0 Å². The minimum atomic E-state index is -4.46. The number of fused-ring (bicyclic) bond motifs is 1. The third-order valence-electron chi connectivity index (χ3n) is 3.07. The first kappa shape index (κ1) is 12.6. The zero-order valence-electron chi connectivity index (χ0n) is 10.7. The van der Waals surface area contributed by atoms with E-state index >= 15 is 0 Å². The average molecular weight is 281 g/mol. The van der Waals surface area contributed by atoms with Gasteiger partial charge in [-0.2, -0.15) is 23.4 Å². The van der Waals surface area contributed by atoms with E-state index in [1.807, 2.05) is 0 Å². The SMILES string of the molecule is Cn1nc(C(F)(F)F)cc1-c1cnc2cnn(C)c2c1. The molecule has 0 aromatic carbocycles. The van der Waals surface area contributed by atoms with Gasteiger partial charge in [0.05, 0.1) is 17.4 Å². The largest absolute Gasteiger partial charge is 0.435 e. The molecule has 5 nitrogen and oxygen atoms in total. The number of alkyl halides is 3. The van der Waals surface area contributed by atoms with Crippen LogP contribution in [0, 0.1) is 0 Å². The van der Waals surface area contributed by atoms with Gasteiger partial charge in [-0.3, -0.25) is 14.3 Å². The van der Waals surface area contributed by atoms with Gasteiger partial charge in [0.2, 0.25) is 0 Å². The number of rotatable bonds is 1. The van der Waals surface area contributed by atoms with E-state index < -0.39 is 11.9 Å². The standard InChI is InChI=1S/C12H10F3N5/c1-19-10-3-7(5-16-8(10)6-17-19)9-4-11(12(13,14)15)18-20(9)2/h3-6H,1-2H3. The van der Waals surface area contributed by atoms with Gasteiger partial charge in [0.1, 0.15) is 5.52 Å². The Morgan fingerprint density at radius 2 is 1.80 bits per heavy atom. The number of nitrogens with zero attached hydrogens (tertiary/aromatic N) is 5. The highest BCUT2D eigenvalue weighted by molar-refractivity contribution is 5.79. The summed E-state index contributed by atoms with van der Waals surface area (Å²) in [6, 6.07) is 2.76. The Kier molecular flexibility index (Phi) is 2.56. The van der Waals surface area contributed by atoms with E-state index in [0.717, 1.165) is 11.6 Å². The fraction of sp³-hybridized carbons (Fsp3) is 0.250. The molecule has 3 rings (SSSR count). The van der Waals surface area contributed by atoms with Crippen LogP contribution in [0.1, 0.15) is 5.69 Å². The van der Waals surface area contributed by atoms with Gasteiger partial charge in [0, 0.05) is 25.9 Å². The molecule has 0 aliphatic rings. The minimum absolute atomic E-state index is 0.355. The van der Waals surface area contributed by atoms with Crippen molar-refractivity contribution < 1.29 is 13.2 Å². The second-order valence-corrected chi connectivity index (χ2v) is 4.43. The van der Waals surface area contributed by atoms with E-state index in [-0.39, 0.29) is 0 Å². The average Bonchev–Trinajstić information content (AvgIpc) is 2.93. The molecule has 0 saturated carbocycles. The Morgan fingerprint density at radius 3 is 2.45 bits per heavy atom. The van der Waals surface area contributed by atoms with Crippen LogP contribution < -0.4 is 0 Å². The first-order chi connectivity index (χ1) is 9.36. The maximum Gasteiger partial charge on any atom is 0.435 e. The summed E-state index contributed by atoms with van der Waals surface area (Å²) in [5.74, 6) is 0. The van der Waals surface area contributed by atoms with Crippen molar-refractivity contribution >= 4 is 11.0 Å². The molecule has 104 valence electrons. The van der Waals surface area contributed by atoms with Gasteiger partial charge in [-0.25, -0.2) is 0 Å². The molecule has 0 saturated heterocycles. The predicted octanol–water partition coefficient (Wildman–Crippen LogP) is 2.39. The van der Waals surface area contributed by atoms with Crippen molar-refractivity contribution in [2.24, 2.45) is 14.1 Å². The number of pyridine rings is 1. The van der Waals surface area contributed by atoms with Gasteiger partial charge in [-0.1, -0.05) is 0 Å². The molecule has 3 aromatic rings. The molecule has 0 aliphatic carbocycles. The van der Waals surface area contributed by atoms with Crippen LogP contribution in [0.25, 0.3) is 22.3 Å². The molecule has 0 atom stereocenters. The molecule has 0 spiro atoms. The lowest BCUT2D eigenvalue weighted by molar-refractivity contribution is -0.141. The summed E-state index contributed by atoms with van der Waals surface area (Å²) in [7, 11) is 3.22. The summed E-state index contributed by atoms with van der Waals surface area (Å²) in [4.78, 5) is 4.19. The fourth-order valence-electron chi connectivity index (χ4n) is 2.04. The minimum Gasteiger partial charge on any atom is -0.267 e. The third-order valence-corrected chi connectivity index (χ3v) is 3.07. The fourth-order valence-corrected chi connectivity index (χ4v) is 2.04. The predicted molar refractivity (Wildman–Crippen MR) is 65.7 cm³/mol. The van der Waals surface area contributed by atoms with Gasteiger partial charge in [-0.15, -0.1) is 0 Å². The highest BCUT2D eigenvalue weighted by atomic mass is 19.4. The summed E-state index contributed by atoms with van der Waals surface area (Å²) in [6.07, 6.45) is -1.34. The third kappa shape index (κ3) is 1.93. The lowest BCUT2D eigenvalue weighted by Gasteiger charge is -2.02. The van der Waals surface area contributed by atoms with Crippen molar-refractivity contribution in [1.82, 2.24) is 24.5 Å². The topological polar surface area (TPSA) is 48.5 Å². The molecule has 0 fully saturated rings. The molecule has 0 radical (unpaired) electrons. The zero-order valence-corrected chi connectivity index (χ0v) is 10.7. The maximum absolute atomic E-state index is 12.7. The lowest BCUT2D eigenvalue weighted by Crippen LogP contribution is -2.06. The summed E-state index contributed by atoms with van der Waals surface area (Å²) in [6.45, 7) is 0. The van der Waals surface area contributed by atoms with E-state index in [1.165, 1.54) is 17.9 Å². The molecule has 0 amide bonds. The van der Waals surface area contributed by atoms with E-state index in [4.69, 9.17) is 0 Å². The van der Waals surface area contributed by atoms with Crippen LogP contribution in [0.2, 0.25) is 0 Å². The second kappa shape index (κ2) is 4.06. The first-order valence-corrected chi connectivity index (χ1v) is 5.75. The summed E-state index contributed by atoms with van der Waals surface area (Å²) < 4.78 is 40.8. The second-order valence-electron chi connectivity index (χ2n) is 4.43. The van der Waals surface area contributed by atoms with Crippen molar-refractivity contribution in [2.45, 2.75) is 6.18 Å². The normalized spacial score (nSPS) is 12.2. The number of aryl methyl sites for hydroxylation is 2. The number of halogens is 3. The van der Waals surface area contributed by atoms with E-state index in [1.54, 1.807) is 24.0 Å². The molecule has 20 heavy (non-hydrogen) atoms. The van der Waals surface area contributed by atoms with Gasteiger partial charge in [0.25, 0.3) is 0 Å². The Labute approximate surface area is 111 Å². The van der Waals surface area contributed by atoms with Crippen molar-refractivity contribution in [3.63, 3.8) is 0 Å². The lowest BCUT2D eigenvalue weighted by atomic mass is 10.2. The molecule has 0 unspecified atom stereocenters. The van der Waals surface area contributed by atoms with Crippen LogP contribution in [0.15, 0.2) is 24.5 Å². The number of hydrogen-bond acceptors (Lipinski definition) is 3. The van der Waals surface area contributed by atoms with Crippen LogP contribution in [0.3, 0.4) is 0 Å². The summed E-state index contributed by atoms with van der Waals surface area (Å²) in [5.41, 5.74) is 1.44. The quantitative estimate of drug-likeness (QED) is 0.688. The van der Waals surface area contributed by atoms with E-state index in [2.05, 4.69) is 15.2 Å². The summed E-state index contributed by atoms with van der Waals surface area (Å²) in [5, 5.41) is 7.54. The Balaban J connectivity index is 2.15. The van der Waals surface area contributed by atoms with Crippen molar-refractivity contribution in [3.8, 4) is 11.3 Å². The van der Waals surface area contributed by atoms with Crippen LogP contribution in [0.5, 0.6) is 0 Å². The van der Waals surface area contributed by atoms with Crippen LogP contribution in [-0.2, 0) is 20.3 Å². The molecule has 3 aromatic heterocycles. The van der Waals surface area contributed by atoms with Gasteiger partial charge < -0.3 is 0 Å². The first-order valence-electron chi connectivity index (χ1n) is 5.75. The van der Waals surface area contributed by atoms with Crippen molar-refractivity contribution in [2.75, 3.05) is 0 Å². The maximum atomic E-state index is 12.7. The Bertz CT molecular complexity index is 784. The molecular formula is C12H10F3N5. The highest BCUT2D eigenvalue weighted by Gasteiger charge is 2.34. The van der Waals surface area contributed by atoms with Gasteiger partial charge >= 0.3 is 6.18 Å². The number of hydrogen-bond donors (Lipinski definition) is 0. The van der Waals surface area contributed by atoms with E-state index in [0.29, 0.717) is 16.8 Å². The van der Waals surface area contributed by atoms with Gasteiger partial charge in [-0.05, 0) is 12.1 Å². The van der Waals surface area contributed by atoms with Crippen LogP contribution in [0.4, 0.5) is 13.2 Å². The molecule has 0 aliphatic heterocycles. The monoisotopic (exact) mass is 281 g/mol. The molecule has 0 bridgehead atoms. The molecule has 3 heterocycles.